The Bertz CT molecular complexity index is 475. The zero-order valence-electron chi connectivity index (χ0n) is 10.9. The molecule has 8 heteroatoms. The molecule has 2 fully saturated rings. The fourth-order valence-electron chi connectivity index (χ4n) is 2.32. The van der Waals surface area contributed by atoms with Gasteiger partial charge in [0, 0.05) is 26.1 Å². The Kier molecular flexibility index (Phi) is 3.98. The number of carbonyl (C=O) groups excluding carboxylic acids is 2. The number of rotatable bonds is 4. The first-order valence-corrected chi connectivity index (χ1v) is 8.09. The van der Waals surface area contributed by atoms with Gasteiger partial charge in [-0.05, 0) is 6.42 Å². The van der Waals surface area contributed by atoms with E-state index in [1.807, 2.05) is 0 Å². The Morgan fingerprint density at radius 3 is 2.79 bits per heavy atom. The van der Waals surface area contributed by atoms with Gasteiger partial charge in [-0.1, -0.05) is 0 Å². The number of nitrogens with zero attached hydrogens (tertiary/aromatic N) is 2. The van der Waals surface area contributed by atoms with Crippen molar-refractivity contribution in [2.45, 2.75) is 18.9 Å². The molecule has 2 aliphatic rings. The van der Waals surface area contributed by atoms with Crippen molar-refractivity contribution in [2.75, 3.05) is 38.2 Å². The lowest BCUT2D eigenvalue weighted by Crippen LogP contribution is -2.39. The normalized spacial score (nSPS) is 25.4. The van der Waals surface area contributed by atoms with Gasteiger partial charge >= 0.3 is 6.09 Å². The number of carbonyl (C=O) groups is 2. The molecule has 2 heterocycles. The van der Waals surface area contributed by atoms with Crippen molar-refractivity contribution in [3.8, 4) is 0 Å². The summed E-state index contributed by atoms with van der Waals surface area (Å²) in [6.45, 7) is 1.19. The number of hydrogen-bond acceptors (Lipinski definition) is 5. The van der Waals surface area contributed by atoms with Gasteiger partial charge < -0.3 is 14.5 Å². The third kappa shape index (κ3) is 3.37. The van der Waals surface area contributed by atoms with E-state index in [0.717, 1.165) is 0 Å². The molecule has 0 saturated carbocycles. The monoisotopic (exact) mass is 290 g/mol. The van der Waals surface area contributed by atoms with Crippen molar-refractivity contribution in [1.29, 1.82) is 0 Å². The van der Waals surface area contributed by atoms with Crippen LogP contribution in [0.4, 0.5) is 4.79 Å². The first kappa shape index (κ1) is 14.1. The minimum Gasteiger partial charge on any atom is -0.448 e. The Hall–Kier alpha value is -1.31. The lowest BCUT2D eigenvalue weighted by molar-refractivity contribution is -0.131. The van der Waals surface area contributed by atoms with Gasteiger partial charge in [-0.2, -0.15) is 0 Å². The van der Waals surface area contributed by atoms with Crippen LogP contribution in [0.2, 0.25) is 0 Å². The molecule has 0 N–H and O–H groups in total. The summed E-state index contributed by atoms with van der Waals surface area (Å²) in [4.78, 5) is 26.1. The van der Waals surface area contributed by atoms with Crippen molar-refractivity contribution in [3.63, 3.8) is 0 Å². The molecule has 108 valence electrons. The van der Waals surface area contributed by atoms with E-state index in [1.165, 1.54) is 9.80 Å². The summed E-state index contributed by atoms with van der Waals surface area (Å²) in [5, 5.41) is 0. The average Bonchev–Trinajstić information content (AvgIpc) is 2.91. The van der Waals surface area contributed by atoms with Crippen LogP contribution in [-0.4, -0.2) is 74.5 Å². The largest absolute Gasteiger partial charge is 0.448 e. The van der Waals surface area contributed by atoms with Gasteiger partial charge in [0.1, 0.15) is 6.61 Å². The second-order valence-corrected chi connectivity index (χ2v) is 7.14. The van der Waals surface area contributed by atoms with Gasteiger partial charge in [0.2, 0.25) is 5.91 Å². The summed E-state index contributed by atoms with van der Waals surface area (Å²) < 4.78 is 27.5. The minimum atomic E-state index is -2.99. The van der Waals surface area contributed by atoms with Crippen molar-refractivity contribution in [2.24, 2.45) is 0 Å². The summed E-state index contributed by atoms with van der Waals surface area (Å²) in [5.74, 6) is 0.0520. The maximum absolute atomic E-state index is 12.0. The number of ether oxygens (including phenoxy) is 1. The lowest BCUT2D eigenvalue weighted by Gasteiger charge is -2.24. The van der Waals surface area contributed by atoms with E-state index in [-0.39, 0.29) is 36.0 Å². The molecule has 2 amide bonds. The van der Waals surface area contributed by atoms with Crippen molar-refractivity contribution in [1.82, 2.24) is 9.80 Å². The maximum atomic E-state index is 12.0. The Balaban J connectivity index is 1.81. The number of sulfone groups is 1. The number of hydrogen-bond donors (Lipinski definition) is 0. The van der Waals surface area contributed by atoms with Gasteiger partial charge in [0.15, 0.2) is 9.84 Å². The van der Waals surface area contributed by atoms with Crippen molar-refractivity contribution in [3.05, 3.63) is 0 Å². The molecule has 0 aromatic heterocycles. The highest BCUT2D eigenvalue weighted by Crippen LogP contribution is 2.17. The zero-order valence-corrected chi connectivity index (χ0v) is 11.7. The molecule has 1 atom stereocenters. The molecule has 19 heavy (non-hydrogen) atoms. The quantitative estimate of drug-likeness (QED) is 0.695. The lowest BCUT2D eigenvalue weighted by atomic mass is 10.2. The van der Waals surface area contributed by atoms with E-state index in [1.54, 1.807) is 7.05 Å². The fourth-order valence-corrected chi connectivity index (χ4v) is 4.09. The summed E-state index contributed by atoms with van der Waals surface area (Å²) in [7, 11) is -1.37. The third-order valence-corrected chi connectivity index (χ3v) is 5.34. The summed E-state index contributed by atoms with van der Waals surface area (Å²) in [5.41, 5.74) is 0. The Labute approximate surface area is 112 Å². The smallest absolute Gasteiger partial charge is 0.409 e. The van der Waals surface area contributed by atoms with Crippen LogP contribution >= 0.6 is 0 Å². The van der Waals surface area contributed by atoms with E-state index < -0.39 is 9.84 Å². The molecule has 2 saturated heterocycles. The molecule has 2 rings (SSSR count). The van der Waals surface area contributed by atoms with E-state index >= 15 is 0 Å². The summed E-state index contributed by atoms with van der Waals surface area (Å²) >= 11 is 0. The van der Waals surface area contributed by atoms with Crippen LogP contribution in [0.3, 0.4) is 0 Å². The van der Waals surface area contributed by atoms with E-state index in [9.17, 15) is 18.0 Å². The zero-order chi connectivity index (χ0) is 14.0. The van der Waals surface area contributed by atoms with Gasteiger partial charge in [-0.3, -0.25) is 4.79 Å². The molecule has 0 aliphatic carbocycles. The third-order valence-electron chi connectivity index (χ3n) is 3.59. The first-order chi connectivity index (χ1) is 8.89. The van der Waals surface area contributed by atoms with E-state index in [4.69, 9.17) is 4.74 Å². The van der Waals surface area contributed by atoms with E-state index in [2.05, 4.69) is 0 Å². The van der Waals surface area contributed by atoms with Crippen LogP contribution in [0.1, 0.15) is 12.8 Å². The van der Waals surface area contributed by atoms with Gasteiger partial charge in [0.05, 0.1) is 18.1 Å². The van der Waals surface area contributed by atoms with Gasteiger partial charge in [-0.25, -0.2) is 13.2 Å². The van der Waals surface area contributed by atoms with Gasteiger partial charge in [-0.15, -0.1) is 0 Å². The first-order valence-electron chi connectivity index (χ1n) is 6.27. The highest BCUT2D eigenvalue weighted by Gasteiger charge is 2.33. The standard InChI is InChI=1S/C11H18N2O5S/c1-12(9-3-7-19(16,17)8-9)10(14)2-4-13-5-6-18-11(13)15/h9H,2-8H2,1H3. The minimum absolute atomic E-state index is 0.0427. The maximum Gasteiger partial charge on any atom is 0.409 e. The predicted octanol–water partition coefficient (Wildman–Crippen LogP) is -0.526. The van der Waals surface area contributed by atoms with Crippen LogP contribution < -0.4 is 0 Å². The number of amides is 2. The Morgan fingerprint density at radius 1 is 1.53 bits per heavy atom. The molecule has 0 radical (unpaired) electrons. The van der Waals surface area contributed by atoms with Gasteiger partial charge in [0.25, 0.3) is 0 Å². The molecule has 0 aromatic rings. The molecule has 0 bridgehead atoms. The molecular formula is C11H18N2O5S. The fraction of sp³-hybridized carbons (Fsp3) is 0.818. The van der Waals surface area contributed by atoms with Crippen LogP contribution in [0.5, 0.6) is 0 Å². The number of cyclic esters (lactones) is 1. The summed E-state index contributed by atoms with van der Waals surface area (Å²) in [6.07, 6.45) is 0.303. The van der Waals surface area contributed by atoms with Crippen LogP contribution in [0.15, 0.2) is 0 Å². The second kappa shape index (κ2) is 5.36. The van der Waals surface area contributed by atoms with Crippen molar-refractivity contribution < 1.29 is 22.7 Å². The van der Waals surface area contributed by atoms with Crippen LogP contribution in [0.25, 0.3) is 0 Å². The predicted molar refractivity (Wildman–Crippen MR) is 67.4 cm³/mol. The van der Waals surface area contributed by atoms with Crippen LogP contribution in [-0.2, 0) is 19.4 Å². The van der Waals surface area contributed by atoms with Crippen molar-refractivity contribution >= 4 is 21.8 Å². The molecule has 1 unspecified atom stereocenters. The molecule has 0 aromatic carbocycles. The SMILES string of the molecule is CN(C(=O)CCN1CCOC1=O)C1CCS(=O)(=O)C1. The second-order valence-electron chi connectivity index (χ2n) is 4.91. The Morgan fingerprint density at radius 2 is 2.26 bits per heavy atom. The highest BCUT2D eigenvalue weighted by molar-refractivity contribution is 7.91. The molecule has 0 spiro atoms. The van der Waals surface area contributed by atoms with E-state index in [0.29, 0.717) is 26.1 Å². The van der Waals surface area contributed by atoms with Crippen LogP contribution in [0, 0.1) is 0 Å². The molecule has 2 aliphatic heterocycles. The highest BCUT2D eigenvalue weighted by atomic mass is 32.2. The molecular weight excluding hydrogens is 272 g/mol. The topological polar surface area (TPSA) is 84.0 Å². The molecule has 7 nitrogen and oxygen atoms in total. The average molecular weight is 290 g/mol. The summed E-state index contributed by atoms with van der Waals surface area (Å²) in [6, 6.07) is -0.233.